The van der Waals surface area contributed by atoms with E-state index in [-0.39, 0.29) is 28.7 Å². The molecule has 1 heterocycles. The first kappa shape index (κ1) is 23.1. The molecule has 0 spiro atoms. The Morgan fingerprint density at radius 2 is 1.81 bits per heavy atom. The summed E-state index contributed by atoms with van der Waals surface area (Å²) in [4.78, 5) is 12.5. The van der Waals surface area contributed by atoms with Gasteiger partial charge in [-0.3, -0.25) is 14.1 Å². The van der Waals surface area contributed by atoms with Gasteiger partial charge in [0.1, 0.15) is 11.6 Å². The predicted molar refractivity (Wildman–Crippen MR) is 134 cm³/mol. The van der Waals surface area contributed by atoms with Gasteiger partial charge in [-0.05, 0) is 77.9 Å². The lowest BCUT2D eigenvalue weighted by Crippen LogP contribution is -2.26. The second-order valence-corrected chi connectivity index (χ2v) is 11.4. The molecule has 1 aromatic heterocycles. The topological polar surface area (TPSA) is 80.2 Å². The summed E-state index contributed by atoms with van der Waals surface area (Å²) in [5, 5.41) is 2.86. The minimum absolute atomic E-state index is 0.134. The standard InChI is InChI=1S/C22H20ClFIN3O3S/c1-12-9-19(21(28(2)22(12)29)26-18-8-7-15(25)10-17(18)24)27-32(30,31)20-11-16(20)13-3-5-14(23)6-4-13/h3-10,16,20,26-27H,11H2,1-2H3. The van der Waals surface area contributed by atoms with E-state index in [9.17, 15) is 17.6 Å². The van der Waals surface area contributed by atoms with Crippen LogP contribution >= 0.6 is 34.2 Å². The number of hydrogen-bond donors (Lipinski definition) is 2. The van der Waals surface area contributed by atoms with E-state index in [0.717, 1.165) is 5.56 Å². The van der Waals surface area contributed by atoms with Crippen LogP contribution in [0, 0.1) is 16.3 Å². The Morgan fingerprint density at radius 1 is 1.12 bits per heavy atom. The molecule has 168 valence electrons. The van der Waals surface area contributed by atoms with Crippen LogP contribution in [-0.4, -0.2) is 18.2 Å². The number of aromatic nitrogens is 1. The minimum atomic E-state index is -3.76. The molecule has 10 heteroatoms. The van der Waals surface area contributed by atoms with Gasteiger partial charge in [0, 0.05) is 27.1 Å². The Kier molecular flexibility index (Phi) is 6.25. The summed E-state index contributed by atoms with van der Waals surface area (Å²) in [6.45, 7) is 1.60. The van der Waals surface area contributed by atoms with Crippen LogP contribution in [0.5, 0.6) is 0 Å². The van der Waals surface area contributed by atoms with Crippen LogP contribution < -0.4 is 15.6 Å². The normalized spacial score (nSPS) is 17.8. The van der Waals surface area contributed by atoms with Crippen LogP contribution in [0.4, 0.5) is 21.6 Å². The van der Waals surface area contributed by atoms with Crippen molar-refractivity contribution < 1.29 is 12.8 Å². The monoisotopic (exact) mass is 587 g/mol. The van der Waals surface area contributed by atoms with Crippen molar-refractivity contribution in [2.75, 3.05) is 10.0 Å². The molecule has 0 bridgehead atoms. The lowest BCUT2D eigenvalue weighted by Gasteiger charge is -2.19. The molecule has 4 rings (SSSR count). The molecular weight excluding hydrogens is 568 g/mol. The van der Waals surface area contributed by atoms with Gasteiger partial charge in [0.2, 0.25) is 10.0 Å². The Labute approximate surface area is 204 Å². The molecule has 0 aliphatic heterocycles. The molecule has 0 radical (unpaired) electrons. The first-order chi connectivity index (χ1) is 15.1. The zero-order valence-corrected chi connectivity index (χ0v) is 20.9. The van der Waals surface area contributed by atoms with E-state index < -0.39 is 21.1 Å². The number of nitrogens with one attached hydrogen (secondary N) is 2. The average molecular weight is 588 g/mol. The van der Waals surface area contributed by atoms with Gasteiger partial charge >= 0.3 is 0 Å². The van der Waals surface area contributed by atoms with Crippen molar-refractivity contribution in [1.29, 1.82) is 0 Å². The highest BCUT2D eigenvalue weighted by atomic mass is 127. The summed E-state index contributed by atoms with van der Waals surface area (Å²) in [5.74, 6) is -0.486. The Hall–Kier alpha value is -2.11. The van der Waals surface area contributed by atoms with Gasteiger partial charge in [-0.25, -0.2) is 12.8 Å². The maximum atomic E-state index is 14.4. The number of nitrogens with zero attached hydrogens (tertiary/aromatic N) is 1. The first-order valence-electron chi connectivity index (χ1n) is 9.76. The average Bonchev–Trinajstić information content (AvgIpc) is 3.53. The highest BCUT2D eigenvalue weighted by Crippen LogP contribution is 2.46. The number of halogens is 3. The molecule has 0 amide bonds. The molecule has 1 fully saturated rings. The number of benzene rings is 2. The Bertz CT molecular complexity index is 1360. The van der Waals surface area contributed by atoms with Crippen LogP contribution in [-0.2, 0) is 17.1 Å². The van der Waals surface area contributed by atoms with Crippen LogP contribution in [0.3, 0.4) is 0 Å². The van der Waals surface area contributed by atoms with Gasteiger partial charge in [-0.15, -0.1) is 0 Å². The molecule has 2 N–H and O–H groups in total. The van der Waals surface area contributed by atoms with Crippen LogP contribution in [0.1, 0.15) is 23.5 Å². The summed E-state index contributed by atoms with van der Waals surface area (Å²) in [6.07, 6.45) is 0.482. The fourth-order valence-corrected chi connectivity index (χ4v) is 5.89. The lowest BCUT2D eigenvalue weighted by atomic mass is 10.1. The Balaban J connectivity index is 1.66. The van der Waals surface area contributed by atoms with E-state index in [4.69, 9.17) is 11.6 Å². The van der Waals surface area contributed by atoms with Crippen molar-refractivity contribution in [3.05, 3.63) is 84.4 Å². The fourth-order valence-electron chi connectivity index (χ4n) is 3.65. The van der Waals surface area contributed by atoms with Crippen LogP contribution in [0.15, 0.2) is 53.3 Å². The van der Waals surface area contributed by atoms with Crippen molar-refractivity contribution in [2.45, 2.75) is 24.5 Å². The van der Waals surface area contributed by atoms with Gasteiger partial charge in [-0.2, -0.15) is 0 Å². The van der Waals surface area contributed by atoms with E-state index in [0.29, 0.717) is 20.6 Å². The molecule has 3 aromatic rings. The largest absolute Gasteiger partial charge is 0.337 e. The molecule has 32 heavy (non-hydrogen) atoms. The first-order valence-corrected chi connectivity index (χ1v) is 12.8. The van der Waals surface area contributed by atoms with Crippen molar-refractivity contribution in [3.63, 3.8) is 0 Å². The summed E-state index contributed by atoms with van der Waals surface area (Å²) in [7, 11) is -2.25. The number of aryl methyl sites for hydroxylation is 1. The van der Waals surface area contributed by atoms with Crippen molar-refractivity contribution >= 4 is 61.4 Å². The SMILES string of the molecule is Cc1cc(NS(=O)(=O)C2CC2c2ccc(Cl)cc2)c(Nc2ccc(I)cc2F)n(C)c1=O. The van der Waals surface area contributed by atoms with Gasteiger partial charge in [-0.1, -0.05) is 23.7 Å². The number of hydrogen-bond acceptors (Lipinski definition) is 4. The van der Waals surface area contributed by atoms with Gasteiger partial charge in [0.05, 0.1) is 16.6 Å². The van der Waals surface area contributed by atoms with Crippen molar-refractivity contribution in [1.82, 2.24) is 4.57 Å². The molecule has 2 aromatic carbocycles. The molecule has 1 aliphatic carbocycles. The molecular formula is C22H20ClFIN3O3S. The number of rotatable bonds is 6. The lowest BCUT2D eigenvalue weighted by molar-refractivity contribution is 0.599. The zero-order chi connectivity index (χ0) is 23.2. The number of anilines is 3. The van der Waals surface area contributed by atoms with Gasteiger partial charge < -0.3 is 5.32 Å². The van der Waals surface area contributed by atoms with Crippen LogP contribution in [0.25, 0.3) is 0 Å². The third-order valence-corrected chi connectivity index (χ3v) is 8.20. The van der Waals surface area contributed by atoms with Crippen LogP contribution in [0.2, 0.25) is 5.02 Å². The maximum absolute atomic E-state index is 14.4. The quantitative estimate of drug-likeness (QED) is 0.392. The van der Waals surface area contributed by atoms with Gasteiger partial charge in [0.25, 0.3) is 5.56 Å². The van der Waals surface area contributed by atoms with E-state index in [1.807, 2.05) is 34.7 Å². The molecule has 1 aliphatic rings. The summed E-state index contributed by atoms with van der Waals surface area (Å²) in [5.41, 5.74) is 1.27. The predicted octanol–water partition coefficient (Wildman–Crippen LogP) is 5.13. The summed E-state index contributed by atoms with van der Waals surface area (Å²) in [6, 6.07) is 13.2. The van der Waals surface area contributed by atoms with E-state index in [1.54, 1.807) is 25.1 Å². The Morgan fingerprint density at radius 3 is 2.47 bits per heavy atom. The molecule has 2 unspecified atom stereocenters. The van der Waals surface area contributed by atoms with Crippen molar-refractivity contribution in [3.8, 4) is 0 Å². The highest BCUT2D eigenvalue weighted by Gasteiger charge is 2.48. The number of sulfonamides is 1. The maximum Gasteiger partial charge on any atom is 0.254 e. The highest BCUT2D eigenvalue weighted by molar-refractivity contribution is 14.1. The smallest absolute Gasteiger partial charge is 0.254 e. The van der Waals surface area contributed by atoms with Crippen molar-refractivity contribution in [2.24, 2.45) is 7.05 Å². The third kappa shape index (κ3) is 4.65. The second-order valence-electron chi connectivity index (χ2n) is 7.78. The summed E-state index contributed by atoms with van der Waals surface area (Å²) >= 11 is 7.92. The van der Waals surface area contributed by atoms with E-state index in [1.165, 1.54) is 29.8 Å². The molecule has 2 atom stereocenters. The molecule has 6 nitrogen and oxygen atoms in total. The molecule has 0 saturated heterocycles. The van der Waals surface area contributed by atoms with Gasteiger partial charge in [0.15, 0.2) is 0 Å². The minimum Gasteiger partial charge on any atom is -0.337 e. The number of pyridine rings is 1. The van der Waals surface area contributed by atoms with E-state index in [2.05, 4.69) is 10.0 Å². The third-order valence-electron chi connectivity index (χ3n) is 5.46. The fraction of sp³-hybridized carbons (Fsp3) is 0.227. The zero-order valence-electron chi connectivity index (χ0n) is 17.2. The second kappa shape index (κ2) is 8.68. The summed E-state index contributed by atoms with van der Waals surface area (Å²) < 4.78 is 45.2. The van der Waals surface area contributed by atoms with E-state index >= 15 is 0 Å². The molecule has 1 saturated carbocycles.